The highest BCUT2D eigenvalue weighted by Gasteiger charge is 2.13. The van der Waals surface area contributed by atoms with E-state index in [1.165, 1.54) is 30.6 Å². The average molecular weight is 244 g/mol. The Balaban J connectivity index is 3.26. The maximum absolute atomic E-state index is 11.3. The Morgan fingerprint density at radius 1 is 1.27 bits per heavy atom. The molecule has 15 heavy (non-hydrogen) atoms. The number of phenolic OH excluding ortho intramolecular Hbond substituents is 1. The Labute approximate surface area is 97.2 Å². The van der Waals surface area contributed by atoms with Crippen LogP contribution in [0.4, 0.5) is 0 Å². The predicted molar refractivity (Wildman–Crippen MR) is 63.0 cm³/mol. The number of aromatic hydroxyl groups is 1. The fourth-order valence-corrected chi connectivity index (χ4v) is 2.29. The molecule has 1 rings (SSSR count). The predicted octanol–water partition coefficient (Wildman–Crippen LogP) is 2.62. The summed E-state index contributed by atoms with van der Waals surface area (Å²) in [5, 5.41) is 9.77. The summed E-state index contributed by atoms with van der Waals surface area (Å²) in [5.41, 5.74) is 0.462. The van der Waals surface area contributed by atoms with Gasteiger partial charge in [-0.3, -0.25) is 0 Å². The Hall–Kier alpha value is -0.810. The van der Waals surface area contributed by atoms with Gasteiger partial charge in [-0.05, 0) is 24.6 Å². The molecule has 0 aliphatic rings. The maximum atomic E-state index is 11.3. The molecule has 0 amide bonds. The molecule has 1 aromatic rings. The number of benzene rings is 1. The smallest absolute Gasteiger partial charge is 0.337 e. The van der Waals surface area contributed by atoms with Crippen molar-refractivity contribution in [3.05, 3.63) is 17.7 Å². The molecular formula is C10H12O3S2. The zero-order valence-electron chi connectivity index (χ0n) is 8.73. The summed E-state index contributed by atoms with van der Waals surface area (Å²) >= 11 is 2.79. The number of methoxy groups -OCH3 is 1. The van der Waals surface area contributed by atoms with Crippen molar-refractivity contribution in [1.29, 1.82) is 0 Å². The molecule has 1 aromatic carbocycles. The Bertz CT molecular complexity index is 352. The maximum Gasteiger partial charge on any atom is 0.337 e. The molecule has 0 radical (unpaired) electrons. The van der Waals surface area contributed by atoms with Gasteiger partial charge in [0.2, 0.25) is 0 Å². The Kier molecular flexibility index (Phi) is 4.35. The normalized spacial score (nSPS) is 10.1. The number of hydrogen-bond acceptors (Lipinski definition) is 5. The molecule has 0 bridgehead atoms. The number of esters is 1. The highest BCUT2D eigenvalue weighted by atomic mass is 32.2. The quantitative estimate of drug-likeness (QED) is 0.654. The summed E-state index contributed by atoms with van der Waals surface area (Å²) in [6.07, 6.45) is 3.69. The van der Waals surface area contributed by atoms with Crippen LogP contribution < -0.4 is 0 Å². The van der Waals surface area contributed by atoms with Crippen molar-refractivity contribution in [2.24, 2.45) is 0 Å². The standard InChI is InChI=1S/C10H12O3S2/c1-13-10(12)6-4-7(14-2)9(11)8(5-6)15-3/h4-5,11H,1-3H3. The fraction of sp³-hybridized carbons (Fsp3) is 0.300. The van der Waals surface area contributed by atoms with E-state index >= 15 is 0 Å². The highest BCUT2D eigenvalue weighted by molar-refractivity contribution is 7.99. The van der Waals surface area contributed by atoms with Crippen LogP contribution in [0, 0.1) is 0 Å². The van der Waals surface area contributed by atoms with Crippen LogP contribution in [0.25, 0.3) is 0 Å². The Morgan fingerprint density at radius 3 is 2.07 bits per heavy atom. The molecule has 0 heterocycles. The first-order valence-electron chi connectivity index (χ1n) is 4.17. The lowest BCUT2D eigenvalue weighted by Gasteiger charge is -2.08. The molecule has 0 saturated carbocycles. The molecule has 0 aliphatic heterocycles. The minimum absolute atomic E-state index is 0.225. The van der Waals surface area contributed by atoms with Gasteiger partial charge in [0.25, 0.3) is 0 Å². The third kappa shape index (κ3) is 2.60. The van der Waals surface area contributed by atoms with Gasteiger partial charge in [0.1, 0.15) is 5.75 Å². The largest absolute Gasteiger partial charge is 0.506 e. The van der Waals surface area contributed by atoms with Crippen LogP contribution in [0.15, 0.2) is 21.9 Å². The summed E-state index contributed by atoms with van der Waals surface area (Å²) in [6.45, 7) is 0. The van der Waals surface area contributed by atoms with Gasteiger partial charge >= 0.3 is 5.97 Å². The first-order valence-corrected chi connectivity index (χ1v) is 6.62. The highest BCUT2D eigenvalue weighted by Crippen LogP contribution is 2.36. The van der Waals surface area contributed by atoms with E-state index in [1.54, 1.807) is 12.1 Å². The molecular weight excluding hydrogens is 232 g/mol. The third-order valence-corrected chi connectivity index (χ3v) is 3.40. The summed E-state index contributed by atoms with van der Waals surface area (Å²) in [4.78, 5) is 12.7. The van der Waals surface area contributed by atoms with Crippen LogP contribution in [0.5, 0.6) is 5.75 Å². The van der Waals surface area contributed by atoms with Crippen molar-refractivity contribution >= 4 is 29.5 Å². The molecule has 0 aliphatic carbocycles. The number of rotatable bonds is 3. The van der Waals surface area contributed by atoms with Crippen LogP contribution in [-0.4, -0.2) is 30.7 Å². The SMILES string of the molecule is COC(=O)c1cc(SC)c(O)c(SC)c1. The van der Waals surface area contributed by atoms with Crippen molar-refractivity contribution in [2.45, 2.75) is 9.79 Å². The van der Waals surface area contributed by atoms with Gasteiger partial charge in [0.15, 0.2) is 0 Å². The minimum atomic E-state index is -0.388. The van der Waals surface area contributed by atoms with Crippen LogP contribution in [-0.2, 0) is 4.74 Å². The lowest BCUT2D eigenvalue weighted by molar-refractivity contribution is 0.0600. The van der Waals surface area contributed by atoms with Crippen LogP contribution >= 0.6 is 23.5 Å². The average Bonchev–Trinajstić information content (AvgIpc) is 2.28. The minimum Gasteiger partial charge on any atom is -0.506 e. The van der Waals surface area contributed by atoms with Gasteiger partial charge in [-0.1, -0.05) is 0 Å². The molecule has 82 valence electrons. The van der Waals surface area contributed by atoms with Gasteiger partial charge in [-0.25, -0.2) is 4.79 Å². The molecule has 0 fully saturated rings. The monoisotopic (exact) mass is 244 g/mol. The summed E-state index contributed by atoms with van der Waals surface area (Å²) in [6, 6.07) is 3.26. The van der Waals surface area contributed by atoms with Gasteiger partial charge in [0.05, 0.1) is 22.5 Å². The van der Waals surface area contributed by atoms with E-state index in [0.717, 1.165) is 0 Å². The van der Waals surface area contributed by atoms with Gasteiger partial charge in [-0.15, -0.1) is 23.5 Å². The molecule has 5 heteroatoms. The fourth-order valence-electron chi connectivity index (χ4n) is 1.13. The van der Waals surface area contributed by atoms with Crippen LogP contribution in [0.3, 0.4) is 0 Å². The summed E-state index contributed by atoms with van der Waals surface area (Å²) in [5.74, 6) is -0.164. The van der Waals surface area contributed by atoms with Gasteiger partial charge in [0, 0.05) is 0 Å². The number of phenols is 1. The van der Waals surface area contributed by atoms with Crippen molar-refractivity contribution in [3.63, 3.8) is 0 Å². The van der Waals surface area contributed by atoms with E-state index in [0.29, 0.717) is 15.4 Å². The topological polar surface area (TPSA) is 46.5 Å². The molecule has 0 atom stereocenters. The van der Waals surface area contributed by atoms with E-state index in [-0.39, 0.29) is 11.7 Å². The Morgan fingerprint density at radius 2 is 1.73 bits per heavy atom. The van der Waals surface area contributed by atoms with E-state index < -0.39 is 0 Å². The number of hydrogen-bond donors (Lipinski definition) is 1. The van der Waals surface area contributed by atoms with E-state index in [4.69, 9.17) is 0 Å². The zero-order valence-corrected chi connectivity index (χ0v) is 10.4. The zero-order chi connectivity index (χ0) is 11.4. The van der Waals surface area contributed by atoms with Crippen molar-refractivity contribution in [1.82, 2.24) is 0 Å². The van der Waals surface area contributed by atoms with E-state index in [9.17, 15) is 9.90 Å². The summed E-state index contributed by atoms with van der Waals surface area (Å²) in [7, 11) is 1.34. The molecule has 3 nitrogen and oxygen atoms in total. The molecule has 0 spiro atoms. The number of thioether (sulfide) groups is 2. The van der Waals surface area contributed by atoms with E-state index in [2.05, 4.69) is 4.74 Å². The third-order valence-electron chi connectivity index (χ3n) is 1.90. The molecule has 1 N–H and O–H groups in total. The second kappa shape index (κ2) is 5.32. The number of carbonyl (C=O) groups is 1. The first-order chi connectivity index (χ1) is 7.13. The van der Waals surface area contributed by atoms with Crippen LogP contribution in [0.1, 0.15) is 10.4 Å². The lowest BCUT2D eigenvalue weighted by Crippen LogP contribution is -2.01. The number of carbonyl (C=O) groups excluding carboxylic acids is 1. The number of ether oxygens (including phenoxy) is 1. The van der Waals surface area contributed by atoms with Crippen molar-refractivity contribution in [3.8, 4) is 5.75 Å². The van der Waals surface area contributed by atoms with Crippen molar-refractivity contribution < 1.29 is 14.6 Å². The summed E-state index contributed by atoms with van der Waals surface area (Å²) < 4.78 is 4.64. The van der Waals surface area contributed by atoms with E-state index in [1.807, 2.05) is 12.5 Å². The molecule has 0 unspecified atom stereocenters. The van der Waals surface area contributed by atoms with Gasteiger partial charge in [-0.2, -0.15) is 0 Å². The lowest BCUT2D eigenvalue weighted by atomic mass is 10.2. The van der Waals surface area contributed by atoms with Gasteiger partial charge < -0.3 is 9.84 Å². The molecule has 0 saturated heterocycles. The second-order valence-electron chi connectivity index (χ2n) is 2.72. The second-order valence-corrected chi connectivity index (χ2v) is 4.42. The van der Waals surface area contributed by atoms with Crippen molar-refractivity contribution in [2.75, 3.05) is 19.6 Å². The first kappa shape index (κ1) is 12.3. The van der Waals surface area contributed by atoms with Crippen LogP contribution in [0.2, 0.25) is 0 Å². The molecule has 0 aromatic heterocycles.